The molecule has 22 heavy (non-hydrogen) atoms. The van der Waals surface area contributed by atoms with Gasteiger partial charge in [-0.25, -0.2) is 0 Å². The summed E-state index contributed by atoms with van der Waals surface area (Å²) in [5, 5.41) is 0. The Hall–Kier alpha value is -0.940. The molecule has 1 amide bonds. The number of carbonyl (C=O) groups excluding carboxylic acids is 2. The molecule has 0 spiro atoms. The molecule has 0 saturated heterocycles. The number of hydrogen-bond acceptors (Lipinski definition) is 4. The van der Waals surface area contributed by atoms with Gasteiger partial charge in [0.05, 0.1) is 18.6 Å². The molecular weight excluding hydrogens is 282 g/mol. The van der Waals surface area contributed by atoms with E-state index in [4.69, 9.17) is 9.47 Å². The van der Waals surface area contributed by atoms with Crippen LogP contribution in [-0.4, -0.2) is 57.1 Å². The van der Waals surface area contributed by atoms with Gasteiger partial charge in [0, 0.05) is 39.1 Å². The Morgan fingerprint density at radius 3 is 2.00 bits per heavy atom. The summed E-state index contributed by atoms with van der Waals surface area (Å²) in [5.74, 6) is 0.344. The quantitative estimate of drug-likeness (QED) is 0.720. The molecule has 2 fully saturated rings. The molecule has 0 aliphatic heterocycles. The standard InChI is InChI=1S/C17H29NO4/c1-15(2)16(3)6-7-17(15,12-13(16)19)14(20)18(8-10-21-4)9-11-22-5/h6-12H2,1-5H3/t16-,17+/m1/s1. The second-order valence-electron chi connectivity index (χ2n) is 7.42. The van der Waals surface area contributed by atoms with Crippen molar-refractivity contribution in [2.75, 3.05) is 40.5 Å². The van der Waals surface area contributed by atoms with E-state index in [1.54, 1.807) is 14.2 Å². The highest BCUT2D eigenvalue weighted by Crippen LogP contribution is 2.70. The minimum Gasteiger partial charge on any atom is -0.383 e. The van der Waals surface area contributed by atoms with Gasteiger partial charge in [0.1, 0.15) is 5.78 Å². The molecule has 126 valence electrons. The normalized spacial score (nSPS) is 32.5. The molecule has 5 heteroatoms. The van der Waals surface area contributed by atoms with E-state index in [2.05, 4.69) is 13.8 Å². The number of Topliss-reactive ketones (excluding diaryl/α,β-unsaturated/α-hetero) is 1. The van der Waals surface area contributed by atoms with Crippen LogP contribution >= 0.6 is 0 Å². The molecule has 2 atom stereocenters. The van der Waals surface area contributed by atoms with E-state index in [0.29, 0.717) is 32.7 Å². The summed E-state index contributed by atoms with van der Waals surface area (Å²) in [7, 11) is 3.26. The average Bonchev–Trinajstić information content (AvgIpc) is 2.77. The van der Waals surface area contributed by atoms with Gasteiger partial charge >= 0.3 is 0 Å². The lowest BCUT2D eigenvalue weighted by atomic mass is 9.64. The summed E-state index contributed by atoms with van der Waals surface area (Å²) in [5.41, 5.74) is -1.22. The zero-order chi connectivity index (χ0) is 16.6. The van der Waals surface area contributed by atoms with Crippen LogP contribution in [0.3, 0.4) is 0 Å². The molecule has 0 unspecified atom stereocenters. The van der Waals surface area contributed by atoms with Crippen molar-refractivity contribution in [3.8, 4) is 0 Å². The van der Waals surface area contributed by atoms with Crippen molar-refractivity contribution in [2.45, 2.75) is 40.0 Å². The number of ether oxygens (including phenoxy) is 2. The van der Waals surface area contributed by atoms with Crippen molar-refractivity contribution in [3.63, 3.8) is 0 Å². The number of rotatable bonds is 7. The van der Waals surface area contributed by atoms with Gasteiger partial charge in [-0.05, 0) is 18.3 Å². The molecular formula is C17H29NO4. The molecule has 0 aromatic carbocycles. The summed E-state index contributed by atoms with van der Waals surface area (Å²) in [6, 6.07) is 0. The number of fused-ring (bicyclic) bond motifs is 2. The monoisotopic (exact) mass is 311 g/mol. The summed E-state index contributed by atoms with van der Waals surface area (Å²) in [6.45, 7) is 8.30. The fourth-order valence-corrected chi connectivity index (χ4v) is 4.35. The molecule has 0 N–H and O–H groups in total. The predicted molar refractivity (Wildman–Crippen MR) is 83.5 cm³/mol. The van der Waals surface area contributed by atoms with E-state index in [1.165, 1.54) is 0 Å². The van der Waals surface area contributed by atoms with Gasteiger partial charge in [-0.2, -0.15) is 0 Å². The first-order valence-electron chi connectivity index (χ1n) is 8.07. The molecule has 0 aromatic heterocycles. The molecule has 0 aromatic rings. The highest BCUT2D eigenvalue weighted by Gasteiger charge is 2.72. The molecule has 2 aliphatic rings. The van der Waals surface area contributed by atoms with E-state index in [0.717, 1.165) is 12.8 Å². The van der Waals surface area contributed by atoms with Crippen molar-refractivity contribution >= 4 is 11.7 Å². The zero-order valence-corrected chi connectivity index (χ0v) is 14.5. The largest absolute Gasteiger partial charge is 0.383 e. The lowest BCUT2D eigenvalue weighted by molar-refractivity contribution is -0.149. The van der Waals surface area contributed by atoms with E-state index >= 15 is 0 Å². The fourth-order valence-electron chi connectivity index (χ4n) is 4.35. The van der Waals surface area contributed by atoms with Crippen LogP contribution in [0, 0.1) is 16.2 Å². The Morgan fingerprint density at radius 1 is 1.09 bits per heavy atom. The van der Waals surface area contributed by atoms with Crippen molar-refractivity contribution in [2.24, 2.45) is 16.2 Å². The van der Waals surface area contributed by atoms with Crippen LogP contribution in [0.25, 0.3) is 0 Å². The van der Waals surface area contributed by atoms with Gasteiger partial charge in [0.15, 0.2) is 0 Å². The topological polar surface area (TPSA) is 55.8 Å². The smallest absolute Gasteiger partial charge is 0.229 e. The first-order chi connectivity index (χ1) is 10.3. The summed E-state index contributed by atoms with van der Waals surface area (Å²) >= 11 is 0. The molecule has 5 nitrogen and oxygen atoms in total. The third-order valence-electron chi connectivity index (χ3n) is 6.53. The van der Waals surface area contributed by atoms with Gasteiger partial charge in [-0.1, -0.05) is 20.8 Å². The van der Waals surface area contributed by atoms with E-state index < -0.39 is 5.41 Å². The summed E-state index contributed by atoms with van der Waals surface area (Å²) in [4.78, 5) is 27.6. The van der Waals surface area contributed by atoms with Crippen LogP contribution in [0.1, 0.15) is 40.0 Å². The number of ketones is 1. The third kappa shape index (κ3) is 2.21. The molecule has 2 rings (SSSR count). The van der Waals surface area contributed by atoms with Crippen LogP contribution in [0.15, 0.2) is 0 Å². The third-order valence-corrected chi connectivity index (χ3v) is 6.53. The first kappa shape index (κ1) is 17.4. The lowest BCUT2D eigenvalue weighted by Gasteiger charge is -2.41. The molecule has 2 aliphatic carbocycles. The van der Waals surface area contributed by atoms with Gasteiger partial charge in [-0.15, -0.1) is 0 Å². The van der Waals surface area contributed by atoms with E-state index in [9.17, 15) is 9.59 Å². The van der Waals surface area contributed by atoms with Crippen LogP contribution in [-0.2, 0) is 19.1 Å². The summed E-state index contributed by atoms with van der Waals surface area (Å²) in [6.07, 6.45) is 2.00. The number of amides is 1. The SMILES string of the molecule is COCCN(CCOC)C(=O)[C@]12CC[C@](C)(C(=O)C1)C2(C)C. The molecule has 0 heterocycles. The Balaban J connectivity index is 2.27. The van der Waals surface area contributed by atoms with Crippen LogP contribution in [0.2, 0.25) is 0 Å². The van der Waals surface area contributed by atoms with E-state index in [1.807, 2.05) is 11.8 Å². The molecule has 0 radical (unpaired) electrons. The average molecular weight is 311 g/mol. The first-order valence-corrected chi connectivity index (χ1v) is 8.07. The molecule has 2 bridgehead atoms. The van der Waals surface area contributed by atoms with Crippen LogP contribution in [0.5, 0.6) is 0 Å². The number of nitrogens with zero attached hydrogens (tertiary/aromatic N) is 1. The Labute approximate surface area is 133 Å². The maximum absolute atomic E-state index is 13.3. The zero-order valence-electron chi connectivity index (χ0n) is 14.5. The Kier molecular flexibility index (Phi) is 4.69. The maximum Gasteiger partial charge on any atom is 0.229 e. The lowest BCUT2D eigenvalue weighted by Crippen LogP contribution is -2.50. The molecule has 2 saturated carbocycles. The van der Waals surface area contributed by atoms with Crippen molar-refractivity contribution < 1.29 is 19.1 Å². The summed E-state index contributed by atoms with van der Waals surface area (Å²) < 4.78 is 10.3. The maximum atomic E-state index is 13.3. The number of hydrogen-bond donors (Lipinski definition) is 0. The highest BCUT2D eigenvalue weighted by molar-refractivity contribution is 5.99. The number of carbonyl (C=O) groups is 2. The fraction of sp³-hybridized carbons (Fsp3) is 0.882. The van der Waals surface area contributed by atoms with Gasteiger partial charge in [0.2, 0.25) is 5.91 Å². The van der Waals surface area contributed by atoms with Crippen molar-refractivity contribution in [3.05, 3.63) is 0 Å². The Bertz CT molecular complexity index is 454. The van der Waals surface area contributed by atoms with E-state index in [-0.39, 0.29) is 22.5 Å². The van der Waals surface area contributed by atoms with Crippen LogP contribution in [0.4, 0.5) is 0 Å². The van der Waals surface area contributed by atoms with Crippen LogP contribution < -0.4 is 0 Å². The minimum atomic E-state index is -0.555. The number of methoxy groups -OCH3 is 2. The van der Waals surface area contributed by atoms with Crippen molar-refractivity contribution in [1.29, 1.82) is 0 Å². The highest BCUT2D eigenvalue weighted by atomic mass is 16.5. The Morgan fingerprint density at radius 2 is 1.64 bits per heavy atom. The van der Waals surface area contributed by atoms with Crippen molar-refractivity contribution in [1.82, 2.24) is 4.90 Å². The van der Waals surface area contributed by atoms with Gasteiger partial charge in [-0.3, -0.25) is 9.59 Å². The second kappa shape index (κ2) is 5.93. The predicted octanol–water partition coefficient (Wildman–Crippen LogP) is 1.89. The van der Waals surface area contributed by atoms with Gasteiger partial charge < -0.3 is 14.4 Å². The second-order valence-corrected chi connectivity index (χ2v) is 7.42. The minimum absolute atomic E-state index is 0.0983. The van der Waals surface area contributed by atoms with Gasteiger partial charge in [0.25, 0.3) is 0 Å².